The number of benzene rings is 1. The predicted molar refractivity (Wildman–Crippen MR) is 108 cm³/mol. The third kappa shape index (κ3) is 4.56. The molecule has 148 valence electrons. The second-order valence-electron chi connectivity index (χ2n) is 7.15. The first kappa shape index (κ1) is 19.0. The summed E-state index contributed by atoms with van der Waals surface area (Å²) in [5, 5.41) is 14.8. The molecule has 8 heteroatoms. The Morgan fingerprint density at radius 1 is 1.21 bits per heavy atom. The fraction of sp³-hybridized carbons (Fsp3) is 0.500. The second-order valence-corrected chi connectivity index (χ2v) is 8.04. The van der Waals surface area contributed by atoms with E-state index in [0.717, 1.165) is 24.5 Å². The Labute approximate surface area is 169 Å². The summed E-state index contributed by atoms with van der Waals surface area (Å²) in [6.07, 6.45) is 6.00. The molecule has 0 bridgehead atoms. The van der Waals surface area contributed by atoms with Gasteiger partial charge in [0.1, 0.15) is 17.8 Å². The summed E-state index contributed by atoms with van der Waals surface area (Å²) in [5.41, 5.74) is 0.851. The van der Waals surface area contributed by atoms with Crippen LogP contribution in [-0.2, 0) is 0 Å². The van der Waals surface area contributed by atoms with Crippen molar-refractivity contribution in [3.8, 4) is 5.75 Å². The third-order valence-electron chi connectivity index (χ3n) is 5.15. The molecule has 1 atom stereocenters. The van der Waals surface area contributed by atoms with E-state index < -0.39 is 6.23 Å². The number of thiazole rings is 1. The summed E-state index contributed by atoms with van der Waals surface area (Å²) in [6.45, 7) is 5.80. The Morgan fingerprint density at radius 3 is 2.75 bits per heavy atom. The molecule has 3 aromatic rings. The normalized spacial score (nSPS) is 16.9. The van der Waals surface area contributed by atoms with Crippen molar-refractivity contribution in [1.82, 2.24) is 30.1 Å². The molecule has 0 amide bonds. The lowest BCUT2D eigenvalue weighted by Crippen LogP contribution is -2.33. The number of likely N-dealkylation sites (tertiary alicyclic amines) is 1. The standard InChI is InChI=1S/C20H26N6OS/c1-2-3-11-25-12-9-16(10-13-25)19-22-18(14-28-19)20(26-15-21-23-24-26)27-17-7-5-4-6-8-17/h4-8,14-16,20H,2-3,9-13H2,1H3. The lowest BCUT2D eigenvalue weighted by Gasteiger charge is -2.30. The van der Waals surface area contributed by atoms with E-state index in [-0.39, 0.29) is 0 Å². The topological polar surface area (TPSA) is 69.0 Å². The maximum Gasteiger partial charge on any atom is 0.238 e. The van der Waals surface area contributed by atoms with Gasteiger partial charge in [-0.2, -0.15) is 4.68 Å². The molecule has 2 aromatic heterocycles. The molecule has 1 aromatic carbocycles. The van der Waals surface area contributed by atoms with Gasteiger partial charge in [0, 0.05) is 11.3 Å². The van der Waals surface area contributed by atoms with Crippen molar-refractivity contribution >= 4 is 11.3 Å². The van der Waals surface area contributed by atoms with Gasteiger partial charge in [-0.3, -0.25) is 0 Å². The molecule has 1 unspecified atom stereocenters. The minimum atomic E-state index is -0.466. The molecule has 0 radical (unpaired) electrons. The van der Waals surface area contributed by atoms with Gasteiger partial charge in [-0.25, -0.2) is 4.98 Å². The number of tetrazole rings is 1. The number of rotatable bonds is 8. The number of hydrogen-bond acceptors (Lipinski definition) is 7. The van der Waals surface area contributed by atoms with Crippen LogP contribution in [-0.4, -0.2) is 49.7 Å². The average molecular weight is 399 g/mol. The number of unbranched alkanes of at least 4 members (excludes halogenated alkanes) is 1. The van der Waals surface area contributed by atoms with E-state index in [2.05, 4.69) is 32.7 Å². The van der Waals surface area contributed by atoms with Crippen LogP contribution in [0.25, 0.3) is 0 Å². The molecule has 1 saturated heterocycles. The molecule has 1 fully saturated rings. The summed E-state index contributed by atoms with van der Waals surface area (Å²) in [5.74, 6) is 1.30. The maximum absolute atomic E-state index is 6.16. The van der Waals surface area contributed by atoms with Crippen LogP contribution in [0.1, 0.15) is 55.5 Å². The van der Waals surface area contributed by atoms with E-state index in [1.54, 1.807) is 22.3 Å². The summed E-state index contributed by atoms with van der Waals surface area (Å²) in [6, 6.07) is 9.72. The highest BCUT2D eigenvalue weighted by atomic mass is 32.1. The third-order valence-corrected chi connectivity index (χ3v) is 6.18. The zero-order chi connectivity index (χ0) is 19.2. The Balaban J connectivity index is 1.46. The van der Waals surface area contributed by atoms with E-state index >= 15 is 0 Å². The molecule has 28 heavy (non-hydrogen) atoms. The highest BCUT2D eigenvalue weighted by molar-refractivity contribution is 7.09. The molecule has 7 nitrogen and oxygen atoms in total. The fourth-order valence-electron chi connectivity index (χ4n) is 3.54. The first-order chi connectivity index (χ1) is 13.8. The maximum atomic E-state index is 6.16. The molecule has 0 N–H and O–H groups in total. The van der Waals surface area contributed by atoms with Crippen molar-refractivity contribution in [2.45, 2.75) is 44.8 Å². The van der Waals surface area contributed by atoms with Crippen LogP contribution in [0.4, 0.5) is 0 Å². The summed E-state index contributed by atoms with van der Waals surface area (Å²) < 4.78 is 7.77. The summed E-state index contributed by atoms with van der Waals surface area (Å²) >= 11 is 1.72. The molecule has 3 heterocycles. The molecule has 1 aliphatic heterocycles. The van der Waals surface area contributed by atoms with Crippen molar-refractivity contribution in [2.75, 3.05) is 19.6 Å². The Hall–Kier alpha value is -2.32. The molecule has 0 aliphatic carbocycles. The molecular formula is C20H26N6OS. The van der Waals surface area contributed by atoms with Crippen LogP contribution in [0.2, 0.25) is 0 Å². The van der Waals surface area contributed by atoms with Crippen LogP contribution in [0.3, 0.4) is 0 Å². The number of piperidine rings is 1. The second kappa shape index (κ2) is 9.25. The number of para-hydroxylation sites is 1. The molecule has 4 rings (SSSR count). The Bertz CT molecular complexity index is 830. The van der Waals surface area contributed by atoms with Crippen molar-refractivity contribution in [3.63, 3.8) is 0 Å². The van der Waals surface area contributed by atoms with Crippen molar-refractivity contribution < 1.29 is 4.74 Å². The SMILES string of the molecule is CCCCN1CCC(c2nc(C(Oc3ccccc3)n3cnnn3)cs2)CC1. The lowest BCUT2D eigenvalue weighted by molar-refractivity contribution is 0.152. The van der Waals surface area contributed by atoms with Crippen molar-refractivity contribution in [3.05, 3.63) is 52.7 Å². The van der Waals surface area contributed by atoms with Gasteiger partial charge in [0.05, 0.1) is 5.01 Å². The zero-order valence-corrected chi connectivity index (χ0v) is 17.0. The minimum absolute atomic E-state index is 0.466. The smallest absolute Gasteiger partial charge is 0.238 e. The van der Waals surface area contributed by atoms with E-state index in [9.17, 15) is 0 Å². The molecule has 1 aliphatic rings. The van der Waals surface area contributed by atoms with Crippen molar-refractivity contribution in [2.24, 2.45) is 0 Å². The van der Waals surface area contributed by atoms with E-state index in [4.69, 9.17) is 9.72 Å². The first-order valence-electron chi connectivity index (χ1n) is 9.95. The van der Waals surface area contributed by atoms with Crippen LogP contribution < -0.4 is 4.74 Å². The van der Waals surface area contributed by atoms with E-state index in [0.29, 0.717) is 5.92 Å². The van der Waals surface area contributed by atoms with Crippen LogP contribution in [0.15, 0.2) is 42.0 Å². The summed E-state index contributed by atoms with van der Waals surface area (Å²) in [7, 11) is 0. The monoisotopic (exact) mass is 398 g/mol. The van der Waals surface area contributed by atoms with Crippen LogP contribution in [0.5, 0.6) is 5.75 Å². The number of nitrogens with zero attached hydrogens (tertiary/aromatic N) is 6. The van der Waals surface area contributed by atoms with Crippen LogP contribution >= 0.6 is 11.3 Å². The Kier molecular flexibility index (Phi) is 6.28. The van der Waals surface area contributed by atoms with Gasteiger partial charge in [0.25, 0.3) is 0 Å². The summed E-state index contributed by atoms with van der Waals surface area (Å²) in [4.78, 5) is 7.51. The van der Waals surface area contributed by atoms with Gasteiger partial charge in [0.2, 0.25) is 6.23 Å². The van der Waals surface area contributed by atoms with Crippen molar-refractivity contribution in [1.29, 1.82) is 0 Å². The van der Waals surface area contributed by atoms with E-state index in [1.807, 2.05) is 30.3 Å². The number of ether oxygens (including phenoxy) is 1. The van der Waals surface area contributed by atoms with Gasteiger partial charge >= 0.3 is 0 Å². The fourth-order valence-corrected chi connectivity index (χ4v) is 4.54. The zero-order valence-electron chi connectivity index (χ0n) is 16.1. The van der Waals surface area contributed by atoms with Gasteiger partial charge in [-0.15, -0.1) is 16.4 Å². The lowest BCUT2D eigenvalue weighted by atomic mass is 9.97. The quantitative estimate of drug-likeness (QED) is 0.576. The average Bonchev–Trinajstić information content (AvgIpc) is 3.44. The van der Waals surface area contributed by atoms with Gasteiger partial charge < -0.3 is 9.64 Å². The van der Waals surface area contributed by atoms with E-state index in [1.165, 1.54) is 37.2 Å². The molecular weight excluding hydrogens is 372 g/mol. The van der Waals surface area contributed by atoms with Gasteiger partial charge in [0.15, 0.2) is 0 Å². The predicted octanol–water partition coefficient (Wildman–Crippen LogP) is 3.74. The minimum Gasteiger partial charge on any atom is -0.463 e. The van der Waals surface area contributed by atoms with Gasteiger partial charge in [-0.1, -0.05) is 31.5 Å². The van der Waals surface area contributed by atoms with Gasteiger partial charge in [-0.05, 0) is 61.5 Å². The molecule has 0 saturated carbocycles. The molecule has 0 spiro atoms. The Morgan fingerprint density at radius 2 is 2.04 bits per heavy atom. The highest BCUT2D eigenvalue weighted by Crippen LogP contribution is 2.32. The first-order valence-corrected chi connectivity index (χ1v) is 10.8. The number of hydrogen-bond donors (Lipinski definition) is 0. The van der Waals surface area contributed by atoms with Crippen LogP contribution in [0, 0.1) is 0 Å². The largest absolute Gasteiger partial charge is 0.463 e. The number of aromatic nitrogens is 5. The highest BCUT2D eigenvalue weighted by Gasteiger charge is 2.26.